The molecule has 1 aliphatic carbocycles. The van der Waals surface area contributed by atoms with Crippen LogP contribution < -0.4 is 5.32 Å². The van der Waals surface area contributed by atoms with Crippen molar-refractivity contribution in [3.05, 3.63) is 45.5 Å². The highest BCUT2D eigenvalue weighted by atomic mass is 16.6. The van der Waals surface area contributed by atoms with Gasteiger partial charge in [0.15, 0.2) is 0 Å². The Morgan fingerprint density at radius 3 is 2.85 bits per heavy atom. The maximum absolute atomic E-state index is 11.1. The molecule has 1 aromatic rings. The third-order valence-electron chi connectivity index (χ3n) is 3.35. The summed E-state index contributed by atoms with van der Waals surface area (Å²) < 4.78 is 0. The monoisotopic (exact) mass is 276 g/mol. The van der Waals surface area contributed by atoms with Crippen LogP contribution in [0.2, 0.25) is 0 Å². The number of para-hydroxylation sites is 1. The average Bonchev–Trinajstić information content (AvgIpc) is 2.91. The molecule has 0 bridgehead atoms. The van der Waals surface area contributed by atoms with E-state index in [4.69, 9.17) is 5.11 Å². The van der Waals surface area contributed by atoms with Crippen molar-refractivity contribution in [2.24, 2.45) is 0 Å². The minimum atomic E-state index is -1.17. The Labute approximate surface area is 116 Å². The minimum absolute atomic E-state index is 0.0698. The molecule has 0 heterocycles. The zero-order valence-electron chi connectivity index (χ0n) is 11.0. The number of hydrogen-bond donors (Lipinski definition) is 2. The number of aromatic carboxylic acids is 1. The van der Waals surface area contributed by atoms with Gasteiger partial charge in [-0.15, -0.1) is 0 Å². The van der Waals surface area contributed by atoms with E-state index < -0.39 is 10.9 Å². The fourth-order valence-electron chi connectivity index (χ4n) is 2.37. The first-order valence-electron chi connectivity index (χ1n) is 6.52. The Bertz CT molecular complexity index is 534. The smallest absolute Gasteiger partial charge is 0.338 e. The SMILES string of the molecule is O=C(O)c1cccc([N+](=O)[O-])c1NCCC1=CCCC1. The van der Waals surface area contributed by atoms with Crippen molar-refractivity contribution in [2.45, 2.75) is 25.7 Å². The van der Waals surface area contributed by atoms with E-state index in [1.807, 2.05) is 0 Å². The Hall–Kier alpha value is -2.37. The predicted octanol–water partition coefficient (Wildman–Crippen LogP) is 3.21. The predicted molar refractivity (Wildman–Crippen MR) is 75.1 cm³/mol. The lowest BCUT2D eigenvalue weighted by molar-refractivity contribution is -0.384. The van der Waals surface area contributed by atoms with E-state index in [0.29, 0.717) is 6.54 Å². The molecule has 1 aromatic carbocycles. The zero-order chi connectivity index (χ0) is 14.5. The van der Waals surface area contributed by atoms with E-state index in [1.165, 1.54) is 23.8 Å². The summed E-state index contributed by atoms with van der Waals surface area (Å²) in [6, 6.07) is 4.06. The summed E-state index contributed by atoms with van der Waals surface area (Å²) in [5.41, 5.74) is 1.14. The van der Waals surface area contributed by atoms with Crippen LogP contribution in [0.25, 0.3) is 0 Å². The van der Waals surface area contributed by atoms with Crippen LogP contribution in [0.15, 0.2) is 29.8 Å². The van der Waals surface area contributed by atoms with Gasteiger partial charge in [-0.2, -0.15) is 0 Å². The topological polar surface area (TPSA) is 92.5 Å². The normalized spacial score (nSPS) is 13.9. The Kier molecular flexibility index (Phi) is 4.34. The summed E-state index contributed by atoms with van der Waals surface area (Å²) in [5.74, 6) is -1.17. The molecule has 6 heteroatoms. The second-order valence-corrected chi connectivity index (χ2v) is 4.69. The molecule has 0 saturated carbocycles. The van der Waals surface area contributed by atoms with Crippen molar-refractivity contribution in [3.8, 4) is 0 Å². The first-order valence-corrected chi connectivity index (χ1v) is 6.52. The third kappa shape index (κ3) is 3.14. The van der Waals surface area contributed by atoms with Gasteiger partial charge in [-0.3, -0.25) is 10.1 Å². The molecule has 0 saturated heterocycles. The molecule has 1 aliphatic rings. The summed E-state index contributed by atoms with van der Waals surface area (Å²) in [6.07, 6.45) is 6.26. The van der Waals surface area contributed by atoms with Gasteiger partial charge in [-0.1, -0.05) is 17.7 Å². The Balaban J connectivity index is 2.15. The first kappa shape index (κ1) is 14.0. The van der Waals surface area contributed by atoms with Crippen LogP contribution in [0.3, 0.4) is 0 Å². The minimum Gasteiger partial charge on any atom is -0.478 e. The number of nitro benzene ring substituents is 1. The number of rotatable bonds is 6. The number of anilines is 1. The number of nitrogens with one attached hydrogen (secondary N) is 1. The van der Waals surface area contributed by atoms with E-state index in [2.05, 4.69) is 11.4 Å². The van der Waals surface area contributed by atoms with E-state index in [9.17, 15) is 14.9 Å². The number of nitro groups is 1. The quantitative estimate of drug-likeness (QED) is 0.473. The highest BCUT2D eigenvalue weighted by Crippen LogP contribution is 2.29. The lowest BCUT2D eigenvalue weighted by atomic mass is 10.1. The van der Waals surface area contributed by atoms with Gasteiger partial charge in [0.05, 0.1) is 10.5 Å². The molecule has 0 atom stereocenters. The molecule has 106 valence electrons. The number of carboxylic acid groups (broad SMARTS) is 1. The molecule has 0 aromatic heterocycles. The summed E-state index contributed by atoms with van der Waals surface area (Å²) in [4.78, 5) is 21.6. The van der Waals surface area contributed by atoms with Gasteiger partial charge in [-0.25, -0.2) is 4.79 Å². The first-order chi connectivity index (χ1) is 9.59. The van der Waals surface area contributed by atoms with Gasteiger partial charge < -0.3 is 10.4 Å². The second-order valence-electron chi connectivity index (χ2n) is 4.69. The highest BCUT2D eigenvalue weighted by molar-refractivity contribution is 5.96. The largest absolute Gasteiger partial charge is 0.478 e. The van der Waals surface area contributed by atoms with Crippen molar-refractivity contribution in [1.29, 1.82) is 0 Å². The van der Waals surface area contributed by atoms with Gasteiger partial charge in [0, 0.05) is 12.6 Å². The van der Waals surface area contributed by atoms with Crippen LogP contribution in [0.1, 0.15) is 36.0 Å². The molecular weight excluding hydrogens is 260 g/mol. The number of carbonyl (C=O) groups is 1. The molecule has 0 radical (unpaired) electrons. The Morgan fingerprint density at radius 1 is 1.45 bits per heavy atom. The van der Waals surface area contributed by atoms with Crippen molar-refractivity contribution in [2.75, 3.05) is 11.9 Å². The van der Waals surface area contributed by atoms with Crippen LogP contribution in [-0.2, 0) is 0 Å². The maximum Gasteiger partial charge on any atom is 0.338 e. The maximum atomic E-state index is 11.1. The number of benzene rings is 1. The molecule has 20 heavy (non-hydrogen) atoms. The molecule has 0 amide bonds. The second kappa shape index (κ2) is 6.18. The molecule has 2 rings (SSSR count). The number of hydrogen-bond acceptors (Lipinski definition) is 4. The summed E-state index contributed by atoms with van der Waals surface area (Å²) in [7, 11) is 0. The van der Waals surface area contributed by atoms with E-state index >= 15 is 0 Å². The third-order valence-corrected chi connectivity index (χ3v) is 3.35. The van der Waals surface area contributed by atoms with Crippen LogP contribution in [-0.4, -0.2) is 22.5 Å². The molecule has 6 nitrogen and oxygen atoms in total. The lowest BCUT2D eigenvalue weighted by Gasteiger charge is -2.10. The van der Waals surface area contributed by atoms with Gasteiger partial charge >= 0.3 is 5.97 Å². The summed E-state index contributed by atoms with van der Waals surface area (Å²) in [5, 5.41) is 23.0. The zero-order valence-corrected chi connectivity index (χ0v) is 11.0. The van der Waals surface area contributed by atoms with Crippen LogP contribution >= 0.6 is 0 Å². The van der Waals surface area contributed by atoms with E-state index in [-0.39, 0.29) is 16.9 Å². The van der Waals surface area contributed by atoms with Crippen molar-refractivity contribution < 1.29 is 14.8 Å². The fraction of sp³-hybridized carbons (Fsp3) is 0.357. The van der Waals surface area contributed by atoms with E-state index in [1.54, 1.807) is 0 Å². The average molecular weight is 276 g/mol. The van der Waals surface area contributed by atoms with Crippen molar-refractivity contribution in [3.63, 3.8) is 0 Å². The molecular formula is C14H16N2O4. The standard InChI is InChI=1S/C14H16N2O4/c17-14(18)11-6-3-7-12(16(19)20)13(11)15-9-8-10-4-1-2-5-10/h3-4,6-7,15H,1-2,5,8-9H2,(H,17,18). The fourth-order valence-corrected chi connectivity index (χ4v) is 2.37. The molecule has 0 fully saturated rings. The number of carboxylic acids is 1. The van der Waals surface area contributed by atoms with Crippen molar-refractivity contribution in [1.82, 2.24) is 0 Å². The molecule has 2 N–H and O–H groups in total. The number of nitrogens with zero attached hydrogens (tertiary/aromatic N) is 1. The highest BCUT2D eigenvalue weighted by Gasteiger charge is 2.20. The van der Waals surface area contributed by atoms with Crippen molar-refractivity contribution >= 4 is 17.3 Å². The van der Waals surface area contributed by atoms with Crippen LogP contribution in [0, 0.1) is 10.1 Å². The summed E-state index contributed by atoms with van der Waals surface area (Å²) in [6.45, 7) is 0.497. The lowest BCUT2D eigenvalue weighted by Crippen LogP contribution is -2.10. The van der Waals surface area contributed by atoms with Gasteiger partial charge in [-0.05, 0) is 31.7 Å². The molecule has 0 spiro atoms. The van der Waals surface area contributed by atoms with Crippen LogP contribution in [0.4, 0.5) is 11.4 Å². The van der Waals surface area contributed by atoms with Gasteiger partial charge in [0.1, 0.15) is 5.69 Å². The molecule has 0 aliphatic heterocycles. The summed E-state index contributed by atoms with van der Waals surface area (Å²) >= 11 is 0. The van der Waals surface area contributed by atoms with Crippen LogP contribution in [0.5, 0.6) is 0 Å². The van der Waals surface area contributed by atoms with Gasteiger partial charge in [0.2, 0.25) is 0 Å². The Morgan fingerprint density at radius 2 is 2.25 bits per heavy atom. The number of allylic oxidation sites excluding steroid dienone is 1. The molecule has 0 unspecified atom stereocenters. The van der Waals surface area contributed by atoms with E-state index in [0.717, 1.165) is 25.7 Å². The van der Waals surface area contributed by atoms with Gasteiger partial charge in [0.25, 0.3) is 5.69 Å².